The number of allylic oxidation sites excluding steroid dienone is 1. The first-order valence-electron chi connectivity index (χ1n) is 10.1. The lowest BCUT2D eigenvalue weighted by atomic mass is 10.0. The molecule has 1 aliphatic heterocycles. The van der Waals surface area contributed by atoms with Crippen LogP contribution in [-0.2, 0) is 14.3 Å². The second-order valence-corrected chi connectivity index (χ2v) is 11.6. The SMILES string of the molecule is CCOC(=O)C1=C(C)N=c2s/c(=C\c3cc(I)cc(I)c3OC(C)=O)c(=O)n2[C@@H]1c1cccs1. The number of fused-ring (bicyclic) bond motifs is 1. The Kier molecular flexibility index (Phi) is 7.74. The van der Waals surface area contributed by atoms with Crippen LogP contribution >= 0.6 is 67.9 Å². The Morgan fingerprint density at radius 1 is 1.29 bits per heavy atom. The fourth-order valence-electron chi connectivity index (χ4n) is 3.59. The van der Waals surface area contributed by atoms with Gasteiger partial charge < -0.3 is 9.47 Å². The van der Waals surface area contributed by atoms with Crippen molar-refractivity contribution >= 4 is 85.9 Å². The van der Waals surface area contributed by atoms with Crippen LogP contribution in [0, 0.1) is 7.14 Å². The third-order valence-electron chi connectivity index (χ3n) is 4.90. The van der Waals surface area contributed by atoms with Crippen molar-refractivity contribution in [1.29, 1.82) is 0 Å². The third-order valence-corrected chi connectivity index (χ3v) is 8.23. The Hall–Kier alpha value is -1.84. The maximum atomic E-state index is 13.7. The van der Waals surface area contributed by atoms with Crippen LogP contribution in [0.3, 0.4) is 0 Å². The first-order valence-corrected chi connectivity index (χ1v) is 14.0. The summed E-state index contributed by atoms with van der Waals surface area (Å²) in [6, 6.07) is 6.90. The van der Waals surface area contributed by atoms with Gasteiger partial charge in [-0.2, -0.15) is 0 Å². The lowest BCUT2D eigenvalue weighted by molar-refractivity contribution is -0.139. The minimum Gasteiger partial charge on any atom is -0.463 e. The normalized spacial score (nSPS) is 15.7. The van der Waals surface area contributed by atoms with E-state index in [4.69, 9.17) is 9.47 Å². The van der Waals surface area contributed by atoms with Crippen LogP contribution in [0.1, 0.15) is 37.3 Å². The molecular weight excluding hydrogens is 702 g/mol. The number of halogens is 2. The van der Waals surface area contributed by atoms with Gasteiger partial charge in [0.2, 0.25) is 0 Å². The van der Waals surface area contributed by atoms with Crippen LogP contribution < -0.4 is 19.6 Å². The van der Waals surface area contributed by atoms with Gasteiger partial charge in [-0.1, -0.05) is 17.4 Å². The Morgan fingerprint density at radius 2 is 2.06 bits per heavy atom. The summed E-state index contributed by atoms with van der Waals surface area (Å²) in [5.41, 5.74) is 1.21. The number of hydrogen-bond acceptors (Lipinski definition) is 8. The zero-order valence-corrected chi connectivity index (χ0v) is 24.2. The number of thiophene rings is 1. The van der Waals surface area contributed by atoms with E-state index in [9.17, 15) is 14.4 Å². The summed E-state index contributed by atoms with van der Waals surface area (Å²) < 4.78 is 14.4. The summed E-state index contributed by atoms with van der Waals surface area (Å²) in [5.74, 6) is -0.527. The van der Waals surface area contributed by atoms with Gasteiger partial charge >= 0.3 is 11.9 Å². The number of nitrogens with zero attached hydrogens (tertiary/aromatic N) is 2. The largest absolute Gasteiger partial charge is 0.463 e. The Labute approximate surface area is 230 Å². The van der Waals surface area contributed by atoms with Crippen molar-refractivity contribution in [3.63, 3.8) is 0 Å². The second kappa shape index (κ2) is 10.4. The summed E-state index contributed by atoms with van der Waals surface area (Å²) in [6.45, 7) is 5.06. The standard InChI is InChI=1S/C23H18I2N2O5S2/c1-4-31-22(30)18-11(2)26-23-27(19(18)16-6-5-7-33-16)21(29)17(34-23)9-13-8-14(24)10-15(25)20(13)32-12(3)28/h5-10,19H,4H2,1-3H3/b17-9-/t19-/m1/s1. The van der Waals surface area contributed by atoms with Crippen molar-refractivity contribution < 1.29 is 19.1 Å². The van der Waals surface area contributed by atoms with E-state index >= 15 is 0 Å². The van der Waals surface area contributed by atoms with Gasteiger partial charge in [0, 0.05) is 20.9 Å². The van der Waals surface area contributed by atoms with Crippen molar-refractivity contribution in [2.75, 3.05) is 6.61 Å². The van der Waals surface area contributed by atoms with E-state index in [0.717, 1.165) is 12.0 Å². The van der Waals surface area contributed by atoms with E-state index in [1.165, 1.54) is 29.6 Å². The average Bonchev–Trinajstić information content (AvgIpc) is 3.38. The quantitative estimate of drug-likeness (QED) is 0.226. The molecule has 0 saturated carbocycles. The number of thiazole rings is 1. The number of carbonyl (C=O) groups excluding carboxylic acids is 2. The molecule has 3 heterocycles. The third kappa shape index (κ3) is 4.93. The molecule has 0 aliphatic carbocycles. The molecule has 3 aromatic rings. The van der Waals surface area contributed by atoms with Crippen LogP contribution in [0.25, 0.3) is 6.08 Å². The van der Waals surface area contributed by atoms with Crippen LogP contribution in [0.2, 0.25) is 0 Å². The predicted molar refractivity (Wildman–Crippen MR) is 148 cm³/mol. The van der Waals surface area contributed by atoms with E-state index in [1.54, 1.807) is 24.5 Å². The molecule has 1 aromatic carbocycles. The first-order chi connectivity index (χ1) is 16.2. The summed E-state index contributed by atoms with van der Waals surface area (Å²) in [6.07, 6.45) is 1.71. The highest BCUT2D eigenvalue weighted by molar-refractivity contribution is 14.1. The molecular formula is C23H18I2N2O5S2. The van der Waals surface area contributed by atoms with Gasteiger partial charge in [-0.05, 0) is 88.7 Å². The molecule has 0 fully saturated rings. The fraction of sp³-hybridized carbons (Fsp3) is 0.217. The molecule has 0 spiro atoms. The summed E-state index contributed by atoms with van der Waals surface area (Å²) in [4.78, 5) is 44.1. The molecule has 0 saturated heterocycles. The van der Waals surface area contributed by atoms with Gasteiger partial charge in [0.15, 0.2) is 10.6 Å². The zero-order valence-electron chi connectivity index (χ0n) is 18.3. The van der Waals surface area contributed by atoms with Gasteiger partial charge in [0.1, 0.15) is 6.04 Å². The topological polar surface area (TPSA) is 87.0 Å². The molecule has 0 amide bonds. The number of rotatable bonds is 5. The van der Waals surface area contributed by atoms with Crippen LogP contribution in [-0.4, -0.2) is 23.1 Å². The zero-order chi connectivity index (χ0) is 24.6. The van der Waals surface area contributed by atoms with E-state index in [1.807, 2.05) is 29.6 Å². The fourth-order valence-corrected chi connectivity index (χ4v) is 7.45. The maximum Gasteiger partial charge on any atom is 0.338 e. The molecule has 0 N–H and O–H groups in total. The lowest BCUT2D eigenvalue weighted by Gasteiger charge is -2.23. The molecule has 11 heteroatoms. The highest BCUT2D eigenvalue weighted by atomic mass is 127. The van der Waals surface area contributed by atoms with Crippen molar-refractivity contribution in [1.82, 2.24) is 4.57 Å². The van der Waals surface area contributed by atoms with Crippen molar-refractivity contribution in [3.05, 3.63) is 78.2 Å². The molecule has 4 rings (SSSR count). The summed E-state index contributed by atoms with van der Waals surface area (Å²) in [5, 5.41) is 1.91. The molecule has 7 nitrogen and oxygen atoms in total. The van der Waals surface area contributed by atoms with Crippen LogP contribution in [0.4, 0.5) is 0 Å². The smallest absolute Gasteiger partial charge is 0.338 e. The summed E-state index contributed by atoms with van der Waals surface area (Å²) >= 11 is 6.98. The molecule has 0 unspecified atom stereocenters. The molecule has 0 radical (unpaired) electrons. The van der Waals surface area contributed by atoms with E-state index in [0.29, 0.717) is 31.9 Å². The average molecular weight is 720 g/mol. The molecule has 2 aromatic heterocycles. The van der Waals surface area contributed by atoms with Gasteiger partial charge in [0.25, 0.3) is 5.56 Å². The molecule has 0 bridgehead atoms. The van der Waals surface area contributed by atoms with E-state index in [-0.39, 0.29) is 12.2 Å². The Balaban J connectivity index is 1.96. The maximum absolute atomic E-state index is 13.7. The van der Waals surface area contributed by atoms with Crippen LogP contribution in [0.15, 0.2) is 50.7 Å². The lowest BCUT2D eigenvalue weighted by Crippen LogP contribution is -2.39. The van der Waals surface area contributed by atoms with Gasteiger partial charge in [0.05, 0.1) is 26.0 Å². The highest BCUT2D eigenvalue weighted by Gasteiger charge is 2.33. The molecule has 34 heavy (non-hydrogen) atoms. The Bertz CT molecular complexity index is 1500. The number of ether oxygens (including phenoxy) is 2. The molecule has 1 aliphatic rings. The van der Waals surface area contributed by atoms with Crippen molar-refractivity contribution in [2.45, 2.75) is 26.8 Å². The van der Waals surface area contributed by atoms with Crippen molar-refractivity contribution in [2.24, 2.45) is 4.99 Å². The number of aromatic nitrogens is 1. The number of carbonyl (C=O) groups is 2. The molecule has 1 atom stereocenters. The van der Waals surface area contributed by atoms with Gasteiger partial charge in [-0.15, -0.1) is 11.3 Å². The number of hydrogen-bond donors (Lipinski definition) is 0. The second-order valence-electron chi connectivity index (χ2n) is 7.22. The predicted octanol–water partition coefficient (Wildman–Crippen LogP) is 3.99. The first kappa shape index (κ1) is 25.3. The van der Waals surface area contributed by atoms with E-state index in [2.05, 4.69) is 50.2 Å². The van der Waals surface area contributed by atoms with Gasteiger partial charge in [-0.3, -0.25) is 14.2 Å². The number of esters is 2. The monoisotopic (exact) mass is 720 g/mol. The van der Waals surface area contributed by atoms with Crippen molar-refractivity contribution in [3.8, 4) is 5.75 Å². The summed E-state index contributed by atoms with van der Waals surface area (Å²) in [7, 11) is 0. The minimum atomic E-state index is -0.624. The van der Waals surface area contributed by atoms with Crippen LogP contribution in [0.5, 0.6) is 5.75 Å². The molecule has 176 valence electrons. The Morgan fingerprint density at radius 3 is 2.71 bits per heavy atom. The minimum absolute atomic E-state index is 0.224. The highest BCUT2D eigenvalue weighted by Crippen LogP contribution is 2.33. The van der Waals surface area contributed by atoms with E-state index < -0.39 is 18.0 Å². The van der Waals surface area contributed by atoms with Gasteiger partial charge in [-0.25, -0.2) is 9.79 Å². The number of benzene rings is 1.